The van der Waals surface area contributed by atoms with Gasteiger partial charge in [-0.25, -0.2) is 0 Å². The fourth-order valence-corrected chi connectivity index (χ4v) is 4.12. The minimum Gasteiger partial charge on any atom is -0.314 e. The number of hydrogen-bond acceptors (Lipinski definition) is 1. The molecule has 1 heteroatoms. The van der Waals surface area contributed by atoms with Crippen LogP contribution >= 0.6 is 0 Å². The maximum absolute atomic E-state index is 3.84. The molecule has 0 saturated heterocycles. The van der Waals surface area contributed by atoms with Crippen LogP contribution in [-0.4, -0.2) is 12.6 Å². The maximum atomic E-state index is 3.84. The van der Waals surface area contributed by atoms with Crippen molar-refractivity contribution in [1.82, 2.24) is 5.32 Å². The summed E-state index contributed by atoms with van der Waals surface area (Å²) >= 11 is 0. The van der Waals surface area contributed by atoms with Gasteiger partial charge in [0.25, 0.3) is 0 Å². The van der Waals surface area contributed by atoms with Gasteiger partial charge in [0.2, 0.25) is 0 Å². The minimum absolute atomic E-state index is 0.842. The Bertz CT molecular complexity index is 202. The summed E-state index contributed by atoms with van der Waals surface area (Å²) in [5, 5.41) is 3.84. The lowest BCUT2D eigenvalue weighted by Gasteiger charge is -2.25. The summed E-state index contributed by atoms with van der Waals surface area (Å²) < 4.78 is 0. The standard InChI is InChI=1S/C17H33N/c1-2-14-18-17(16-11-5-6-12-16)13-7-10-15-8-3-4-9-15/h15-18H,2-14H2,1H3. The van der Waals surface area contributed by atoms with Crippen molar-refractivity contribution in [3.8, 4) is 0 Å². The predicted octanol–water partition coefficient (Wildman–Crippen LogP) is 4.91. The Labute approximate surface area is 114 Å². The van der Waals surface area contributed by atoms with Crippen molar-refractivity contribution >= 4 is 0 Å². The first-order valence-electron chi connectivity index (χ1n) is 8.63. The van der Waals surface area contributed by atoms with E-state index in [1.165, 1.54) is 83.6 Å². The van der Waals surface area contributed by atoms with Gasteiger partial charge >= 0.3 is 0 Å². The molecular formula is C17H33N. The molecular weight excluding hydrogens is 218 g/mol. The second kappa shape index (κ2) is 8.19. The van der Waals surface area contributed by atoms with Gasteiger partial charge in [0, 0.05) is 6.04 Å². The van der Waals surface area contributed by atoms with Crippen LogP contribution in [0.5, 0.6) is 0 Å². The van der Waals surface area contributed by atoms with Gasteiger partial charge in [-0.3, -0.25) is 0 Å². The molecule has 1 atom stereocenters. The topological polar surface area (TPSA) is 12.0 Å². The van der Waals surface area contributed by atoms with Crippen molar-refractivity contribution in [2.24, 2.45) is 11.8 Å². The first-order chi connectivity index (χ1) is 8.90. The van der Waals surface area contributed by atoms with Gasteiger partial charge in [0.1, 0.15) is 0 Å². The van der Waals surface area contributed by atoms with Crippen LogP contribution in [0, 0.1) is 11.8 Å². The zero-order valence-corrected chi connectivity index (χ0v) is 12.4. The van der Waals surface area contributed by atoms with Crippen LogP contribution in [-0.2, 0) is 0 Å². The van der Waals surface area contributed by atoms with Crippen LogP contribution in [0.1, 0.15) is 84.0 Å². The fraction of sp³-hybridized carbons (Fsp3) is 1.00. The summed E-state index contributed by atoms with van der Waals surface area (Å²) in [7, 11) is 0. The Morgan fingerprint density at radius 2 is 1.67 bits per heavy atom. The van der Waals surface area contributed by atoms with Crippen molar-refractivity contribution < 1.29 is 0 Å². The lowest BCUT2D eigenvalue weighted by molar-refractivity contribution is 0.322. The molecule has 0 heterocycles. The van der Waals surface area contributed by atoms with Gasteiger partial charge in [-0.2, -0.15) is 0 Å². The summed E-state index contributed by atoms with van der Waals surface area (Å²) in [6.45, 7) is 3.52. The highest BCUT2D eigenvalue weighted by Gasteiger charge is 2.24. The van der Waals surface area contributed by atoms with Crippen molar-refractivity contribution in [3.05, 3.63) is 0 Å². The van der Waals surface area contributed by atoms with E-state index in [-0.39, 0.29) is 0 Å². The Balaban J connectivity index is 1.66. The number of nitrogens with one attached hydrogen (secondary N) is 1. The highest BCUT2D eigenvalue weighted by Crippen LogP contribution is 2.32. The Hall–Kier alpha value is -0.0400. The molecule has 1 nitrogen and oxygen atoms in total. The second-order valence-electron chi connectivity index (χ2n) is 6.69. The lowest BCUT2D eigenvalue weighted by Crippen LogP contribution is -2.35. The molecule has 1 N–H and O–H groups in total. The smallest absolute Gasteiger partial charge is 0.00953 e. The van der Waals surface area contributed by atoms with Crippen LogP contribution in [0.15, 0.2) is 0 Å². The first kappa shape index (κ1) is 14.4. The number of rotatable bonds is 8. The molecule has 2 aliphatic carbocycles. The molecule has 0 spiro atoms. The normalized spacial score (nSPS) is 23.8. The molecule has 2 fully saturated rings. The van der Waals surface area contributed by atoms with E-state index in [1.54, 1.807) is 0 Å². The largest absolute Gasteiger partial charge is 0.314 e. The van der Waals surface area contributed by atoms with Gasteiger partial charge in [-0.05, 0) is 44.1 Å². The lowest BCUT2D eigenvalue weighted by atomic mass is 9.91. The summed E-state index contributed by atoms with van der Waals surface area (Å²) in [5.41, 5.74) is 0. The van der Waals surface area contributed by atoms with Crippen molar-refractivity contribution in [3.63, 3.8) is 0 Å². The highest BCUT2D eigenvalue weighted by atomic mass is 14.9. The van der Waals surface area contributed by atoms with Crippen LogP contribution in [0.3, 0.4) is 0 Å². The molecule has 2 saturated carbocycles. The van der Waals surface area contributed by atoms with E-state index in [4.69, 9.17) is 0 Å². The van der Waals surface area contributed by atoms with E-state index >= 15 is 0 Å². The van der Waals surface area contributed by atoms with E-state index in [0.717, 1.165) is 17.9 Å². The van der Waals surface area contributed by atoms with Crippen LogP contribution in [0.2, 0.25) is 0 Å². The van der Waals surface area contributed by atoms with Crippen molar-refractivity contribution in [1.29, 1.82) is 0 Å². The molecule has 0 amide bonds. The fourth-order valence-electron chi connectivity index (χ4n) is 4.12. The Kier molecular flexibility index (Phi) is 6.54. The minimum atomic E-state index is 0.842. The van der Waals surface area contributed by atoms with Gasteiger partial charge in [0.15, 0.2) is 0 Å². The summed E-state index contributed by atoms with van der Waals surface area (Å²) in [4.78, 5) is 0. The molecule has 0 aromatic heterocycles. The van der Waals surface area contributed by atoms with E-state index < -0.39 is 0 Å². The van der Waals surface area contributed by atoms with E-state index in [0.29, 0.717) is 0 Å². The first-order valence-corrected chi connectivity index (χ1v) is 8.63. The predicted molar refractivity (Wildman–Crippen MR) is 79.8 cm³/mol. The molecule has 0 aromatic carbocycles. The molecule has 106 valence electrons. The summed E-state index contributed by atoms with van der Waals surface area (Å²) in [6.07, 6.45) is 17.7. The van der Waals surface area contributed by atoms with Crippen molar-refractivity contribution in [2.45, 2.75) is 90.0 Å². The van der Waals surface area contributed by atoms with Crippen LogP contribution in [0.25, 0.3) is 0 Å². The second-order valence-corrected chi connectivity index (χ2v) is 6.69. The highest BCUT2D eigenvalue weighted by molar-refractivity contribution is 4.81. The third kappa shape index (κ3) is 4.57. The van der Waals surface area contributed by atoms with Gasteiger partial charge in [-0.1, -0.05) is 58.3 Å². The molecule has 2 aliphatic rings. The third-order valence-electron chi connectivity index (χ3n) is 5.23. The average Bonchev–Trinajstić information content (AvgIpc) is 3.05. The summed E-state index contributed by atoms with van der Waals surface area (Å²) in [5.74, 6) is 2.08. The van der Waals surface area contributed by atoms with E-state index in [9.17, 15) is 0 Å². The molecule has 18 heavy (non-hydrogen) atoms. The maximum Gasteiger partial charge on any atom is 0.00953 e. The van der Waals surface area contributed by atoms with E-state index in [1.807, 2.05) is 0 Å². The van der Waals surface area contributed by atoms with Crippen LogP contribution < -0.4 is 5.32 Å². The monoisotopic (exact) mass is 251 g/mol. The zero-order valence-electron chi connectivity index (χ0n) is 12.4. The van der Waals surface area contributed by atoms with Gasteiger partial charge < -0.3 is 5.32 Å². The van der Waals surface area contributed by atoms with Gasteiger partial charge in [0.05, 0.1) is 0 Å². The molecule has 2 rings (SSSR count). The molecule has 0 aromatic rings. The van der Waals surface area contributed by atoms with Crippen LogP contribution in [0.4, 0.5) is 0 Å². The molecule has 0 radical (unpaired) electrons. The average molecular weight is 251 g/mol. The zero-order chi connectivity index (χ0) is 12.6. The number of hydrogen-bond donors (Lipinski definition) is 1. The quantitative estimate of drug-likeness (QED) is 0.646. The van der Waals surface area contributed by atoms with E-state index in [2.05, 4.69) is 12.2 Å². The molecule has 1 unspecified atom stereocenters. The van der Waals surface area contributed by atoms with Crippen molar-refractivity contribution in [2.75, 3.05) is 6.54 Å². The Morgan fingerprint density at radius 3 is 2.33 bits per heavy atom. The Morgan fingerprint density at radius 1 is 1.00 bits per heavy atom. The van der Waals surface area contributed by atoms with Gasteiger partial charge in [-0.15, -0.1) is 0 Å². The SMILES string of the molecule is CCCNC(CCCC1CCCC1)C1CCCC1. The molecule has 0 bridgehead atoms. The third-order valence-corrected chi connectivity index (χ3v) is 5.23. The molecule has 0 aliphatic heterocycles. The summed E-state index contributed by atoms with van der Waals surface area (Å²) in [6, 6.07) is 0.842.